The molecule has 3 aromatic rings. The number of nitrogens with one attached hydrogen (secondary N) is 1. The van der Waals surface area contributed by atoms with Crippen molar-refractivity contribution in [2.24, 2.45) is 0 Å². The molecule has 3 rings (SSSR count). The third-order valence-corrected chi connectivity index (χ3v) is 4.99. The van der Waals surface area contributed by atoms with E-state index >= 15 is 0 Å². The van der Waals surface area contributed by atoms with Gasteiger partial charge in [-0.1, -0.05) is 30.3 Å². The number of carbonyl (C=O) groups excluding carboxylic acids is 2. The van der Waals surface area contributed by atoms with Gasteiger partial charge in [-0.25, -0.2) is 9.78 Å². The lowest BCUT2D eigenvalue weighted by Gasteiger charge is -2.16. The minimum atomic E-state index is -0.708. The van der Waals surface area contributed by atoms with Crippen LogP contribution < -0.4 is 10.7 Å². The summed E-state index contributed by atoms with van der Waals surface area (Å²) in [5, 5.41) is 3.26. The molecule has 1 atom stereocenters. The Hall–Kier alpha value is -3.48. The lowest BCUT2D eigenvalue weighted by molar-refractivity contribution is -0.122. The van der Waals surface area contributed by atoms with Gasteiger partial charge in [0.05, 0.1) is 12.0 Å². The van der Waals surface area contributed by atoms with Crippen molar-refractivity contribution >= 4 is 22.9 Å². The van der Waals surface area contributed by atoms with E-state index in [-0.39, 0.29) is 36.1 Å². The Balaban J connectivity index is 1.79. The first-order valence-corrected chi connectivity index (χ1v) is 10.4. The fourth-order valence-corrected chi connectivity index (χ4v) is 3.41. The molecular weight excluding hydrogens is 394 g/mol. The molecule has 0 radical (unpaired) electrons. The summed E-state index contributed by atoms with van der Waals surface area (Å²) in [4.78, 5) is 42.1. The number of hydrogen-bond acceptors (Lipinski definition) is 5. The van der Waals surface area contributed by atoms with Crippen LogP contribution in [0.15, 0.2) is 53.5 Å². The van der Waals surface area contributed by atoms with Crippen molar-refractivity contribution in [1.82, 2.24) is 14.9 Å². The van der Waals surface area contributed by atoms with Gasteiger partial charge in [0, 0.05) is 17.9 Å². The van der Waals surface area contributed by atoms with Gasteiger partial charge in [-0.05, 0) is 51.3 Å². The normalized spacial score (nSPS) is 11.8. The maximum Gasteiger partial charge on any atom is 0.343 e. The lowest BCUT2D eigenvalue weighted by Crippen LogP contribution is -2.36. The molecule has 7 heteroatoms. The number of aromatic nitrogens is 2. The van der Waals surface area contributed by atoms with Crippen LogP contribution >= 0.6 is 0 Å². The molecule has 2 aromatic heterocycles. The summed E-state index contributed by atoms with van der Waals surface area (Å²) in [6.07, 6.45) is 3.02. The molecule has 162 valence electrons. The third-order valence-electron chi connectivity index (χ3n) is 4.99. The number of esters is 1. The lowest BCUT2D eigenvalue weighted by atomic mass is 10.1. The van der Waals surface area contributed by atoms with Crippen molar-refractivity contribution < 1.29 is 14.3 Å². The molecule has 1 unspecified atom stereocenters. The standard InChI is InChI=1S/C24H27N3O4/c1-4-31-24(30)20-14-27(23-19(22(20)29)13-11-17(3)26-23)15-21(28)25-16(2)10-12-18-8-6-5-7-9-18/h5-9,11,13-14,16H,4,10,12,15H2,1-3H3,(H,25,28). The summed E-state index contributed by atoms with van der Waals surface area (Å²) in [6, 6.07) is 13.4. The topological polar surface area (TPSA) is 90.3 Å². The van der Waals surface area contributed by atoms with E-state index in [1.54, 1.807) is 26.0 Å². The fourth-order valence-electron chi connectivity index (χ4n) is 3.41. The van der Waals surface area contributed by atoms with Crippen molar-refractivity contribution in [2.45, 2.75) is 46.2 Å². The van der Waals surface area contributed by atoms with Gasteiger partial charge in [-0.2, -0.15) is 0 Å². The van der Waals surface area contributed by atoms with Gasteiger partial charge < -0.3 is 14.6 Å². The highest BCUT2D eigenvalue weighted by Gasteiger charge is 2.19. The molecule has 1 aromatic carbocycles. The van der Waals surface area contributed by atoms with Crippen LogP contribution in [0, 0.1) is 6.92 Å². The predicted octanol–water partition coefficient (Wildman–Crippen LogP) is 3.02. The van der Waals surface area contributed by atoms with Crippen LogP contribution in [0.2, 0.25) is 0 Å². The summed E-state index contributed by atoms with van der Waals surface area (Å²) in [6.45, 7) is 5.53. The number of aryl methyl sites for hydroxylation is 2. The predicted molar refractivity (Wildman–Crippen MR) is 119 cm³/mol. The van der Waals surface area contributed by atoms with Crippen molar-refractivity contribution in [3.8, 4) is 0 Å². The number of pyridine rings is 2. The molecule has 0 spiro atoms. The SMILES string of the molecule is CCOC(=O)c1cn(CC(=O)NC(C)CCc2ccccc2)c2nc(C)ccc2c1=O. The zero-order valence-corrected chi connectivity index (χ0v) is 18.1. The second-order valence-corrected chi connectivity index (χ2v) is 7.54. The Labute approximate surface area is 181 Å². The van der Waals surface area contributed by atoms with Gasteiger partial charge >= 0.3 is 5.97 Å². The second-order valence-electron chi connectivity index (χ2n) is 7.54. The quantitative estimate of drug-likeness (QED) is 0.565. The van der Waals surface area contributed by atoms with Crippen molar-refractivity contribution in [3.63, 3.8) is 0 Å². The molecule has 1 amide bonds. The Morgan fingerprint density at radius 3 is 2.61 bits per heavy atom. The van der Waals surface area contributed by atoms with Crippen LogP contribution in [0.25, 0.3) is 11.0 Å². The molecule has 0 bridgehead atoms. The number of nitrogens with zero attached hydrogens (tertiary/aromatic N) is 2. The molecule has 0 saturated heterocycles. The summed E-state index contributed by atoms with van der Waals surface area (Å²) in [5.74, 6) is -0.927. The van der Waals surface area contributed by atoms with Gasteiger partial charge in [0.15, 0.2) is 0 Å². The maximum atomic E-state index is 12.7. The molecule has 0 aliphatic rings. The van der Waals surface area contributed by atoms with Crippen LogP contribution in [0.1, 0.15) is 41.9 Å². The molecule has 2 heterocycles. The summed E-state index contributed by atoms with van der Waals surface area (Å²) >= 11 is 0. The Morgan fingerprint density at radius 1 is 1.16 bits per heavy atom. The second kappa shape index (κ2) is 10.0. The third kappa shape index (κ3) is 5.57. The smallest absolute Gasteiger partial charge is 0.343 e. The average molecular weight is 421 g/mol. The average Bonchev–Trinajstić information content (AvgIpc) is 2.75. The monoisotopic (exact) mass is 421 g/mol. The van der Waals surface area contributed by atoms with Gasteiger partial charge in [-0.3, -0.25) is 9.59 Å². The number of ether oxygens (including phenoxy) is 1. The summed E-state index contributed by atoms with van der Waals surface area (Å²) in [5.41, 5.74) is 1.74. The first kappa shape index (κ1) is 22.2. The van der Waals surface area contributed by atoms with Gasteiger partial charge in [0.25, 0.3) is 0 Å². The van der Waals surface area contributed by atoms with Crippen molar-refractivity contribution in [1.29, 1.82) is 0 Å². The van der Waals surface area contributed by atoms with E-state index in [4.69, 9.17) is 4.74 Å². The van der Waals surface area contributed by atoms with Crippen molar-refractivity contribution in [2.75, 3.05) is 6.61 Å². The minimum absolute atomic E-state index is 0.0300. The van der Waals surface area contributed by atoms with Crippen LogP contribution in [0.5, 0.6) is 0 Å². The summed E-state index contributed by atoms with van der Waals surface area (Å²) in [7, 11) is 0. The molecule has 0 aliphatic heterocycles. The number of rotatable bonds is 8. The van der Waals surface area contributed by atoms with Crippen LogP contribution in [-0.2, 0) is 22.5 Å². The molecule has 7 nitrogen and oxygen atoms in total. The van der Waals surface area contributed by atoms with Gasteiger partial charge in [-0.15, -0.1) is 0 Å². The van der Waals surface area contributed by atoms with E-state index in [2.05, 4.69) is 22.4 Å². The number of benzene rings is 1. The van der Waals surface area contributed by atoms with Gasteiger partial charge in [0.1, 0.15) is 17.8 Å². The van der Waals surface area contributed by atoms with E-state index < -0.39 is 11.4 Å². The van der Waals surface area contributed by atoms with E-state index in [0.29, 0.717) is 11.3 Å². The first-order valence-electron chi connectivity index (χ1n) is 10.4. The summed E-state index contributed by atoms with van der Waals surface area (Å²) < 4.78 is 6.54. The maximum absolute atomic E-state index is 12.7. The highest BCUT2D eigenvalue weighted by Crippen LogP contribution is 2.12. The molecular formula is C24H27N3O4. The number of hydrogen-bond donors (Lipinski definition) is 1. The molecule has 31 heavy (non-hydrogen) atoms. The van der Waals surface area contributed by atoms with Gasteiger partial charge in [0.2, 0.25) is 11.3 Å². The van der Waals surface area contributed by atoms with E-state index in [9.17, 15) is 14.4 Å². The van der Waals surface area contributed by atoms with E-state index in [1.165, 1.54) is 16.3 Å². The van der Waals surface area contributed by atoms with Crippen molar-refractivity contribution in [3.05, 3.63) is 75.7 Å². The van der Waals surface area contributed by atoms with E-state index in [0.717, 1.165) is 12.8 Å². The van der Waals surface area contributed by atoms with Crippen LogP contribution in [0.3, 0.4) is 0 Å². The highest BCUT2D eigenvalue weighted by molar-refractivity contribution is 5.93. The molecule has 0 aliphatic carbocycles. The Bertz CT molecular complexity index is 1140. The van der Waals surface area contributed by atoms with E-state index in [1.807, 2.05) is 25.1 Å². The Kier molecular flexibility index (Phi) is 7.18. The fraction of sp³-hybridized carbons (Fsp3) is 0.333. The Morgan fingerprint density at radius 2 is 1.90 bits per heavy atom. The molecule has 0 saturated carbocycles. The van der Waals surface area contributed by atoms with Crippen LogP contribution in [0.4, 0.5) is 0 Å². The van der Waals surface area contributed by atoms with Crippen LogP contribution in [-0.4, -0.2) is 34.1 Å². The molecule has 1 N–H and O–H groups in total. The number of amides is 1. The zero-order valence-electron chi connectivity index (χ0n) is 18.1. The zero-order chi connectivity index (χ0) is 22.4. The molecule has 0 fully saturated rings. The number of fused-ring (bicyclic) bond motifs is 1. The minimum Gasteiger partial charge on any atom is -0.462 e. The highest BCUT2D eigenvalue weighted by atomic mass is 16.5. The largest absolute Gasteiger partial charge is 0.462 e. The first-order chi connectivity index (χ1) is 14.9. The number of carbonyl (C=O) groups is 2.